The third kappa shape index (κ3) is 21.4. The maximum atomic E-state index is 12.2. The Balaban J connectivity index is 0.563. The third-order valence-corrected chi connectivity index (χ3v) is 37.9. The number of hydrogen-bond acceptors (Lipinski definition) is 26. The van der Waals surface area contributed by atoms with Crippen molar-refractivity contribution in [3.05, 3.63) is 0 Å². The highest BCUT2D eigenvalue weighted by Crippen LogP contribution is 2.65. The number of rotatable bonds is 32. The van der Waals surface area contributed by atoms with Crippen LogP contribution in [-0.4, -0.2) is 250 Å². The van der Waals surface area contributed by atoms with E-state index in [1.807, 2.05) is 13.8 Å². The highest BCUT2D eigenvalue weighted by Gasteiger charge is 2.73. The number of aliphatic hydroxyl groups is 3. The molecule has 26 nitrogen and oxygen atoms in total. The van der Waals surface area contributed by atoms with Gasteiger partial charge in [-0.1, -0.05) is 215 Å². The summed E-state index contributed by atoms with van der Waals surface area (Å²) in [5.41, 5.74) is -0.617. The molecule has 0 aromatic carbocycles. The van der Waals surface area contributed by atoms with Crippen LogP contribution in [0.15, 0.2) is 0 Å². The van der Waals surface area contributed by atoms with Crippen molar-refractivity contribution in [3.63, 3.8) is 0 Å². The molecule has 1 saturated carbocycles. The quantitative estimate of drug-likeness (QED) is 0.0564. The van der Waals surface area contributed by atoms with Gasteiger partial charge in [-0.15, -0.1) is 0 Å². The smallest absolute Gasteiger partial charge is 0.164 e. The highest BCUT2D eigenvalue weighted by atomic mass is 16.8. The van der Waals surface area contributed by atoms with E-state index in [2.05, 4.69) is 228 Å². The average Bonchev–Trinajstić information content (AvgIpc) is 1.52. The minimum atomic E-state index is -1.05. The van der Waals surface area contributed by atoms with Gasteiger partial charge in [-0.2, -0.15) is 0 Å². The molecule has 13 aliphatic rings. The SMILES string of the molecule is CCC1O[C@@H](O[C@@H]2C(CC)O[C@@H](O[C@@H]3C(CC)O[C@@H](O[C@@H]4C(CO)O[C@H](O[C@@H]5C(C)O[C@@H](O[C@@H]6C(CO)O[C@@H](OC7(C)[C@@H]8C(C)O[C@H](O[C@@H]9C(CC)O[C@H](C)C(C)C9C)C(C)[C@H]87)C(C)[C@H]6O)C(C)C5C)C(C)C4C)C(C)[C@H]3C)C(C)[C@H]2C)C(C)C(C)[C@@H]1O[C@H]1OC(CC)[C@@H](O[C@@H]2OC(CC)[C@@H](OC3OC(CC)[C@@H](OC4OC(CC)[C@@H](C)[C@H](C)[C@@H]4C)[C@H](C)[C@@H]3C)[C@H](C)C2C)C(C)C1C. The zero-order valence-electron chi connectivity index (χ0n) is 87.9. The summed E-state index contributed by atoms with van der Waals surface area (Å²) in [4.78, 5) is 0. The predicted molar refractivity (Wildman–Crippen MR) is 499 cm³/mol. The summed E-state index contributed by atoms with van der Waals surface area (Å²) in [6.45, 7) is 76.1. The first kappa shape index (κ1) is 108. The molecule has 12 aliphatic heterocycles. The Kier molecular flexibility index (Phi) is 37.3. The van der Waals surface area contributed by atoms with E-state index >= 15 is 0 Å². The standard InChI is InChI=1S/C106H188O26/c1-36-72-48(11)46(9)58(21)96(113-72)123-87-51(14)60(23)97(114-74(87)38-3)124-88-52(15)61(24)98(115-75(88)39-4)125-89-53(16)62(25)99(116-76(89)40-5)126-90-54(17)63(26)100(117-77(90)41-6)127-91-55(18)64(27)101(118-78(91)42-7)128-92-56(19)65(28)102(119-79(92)43-8)130-93-57(20)66(29)103(120-80(93)44-107)122-85-50(13)59(22)95(112-71(85)34)131-94-81(45-108)121-105(68(31)84(94)109)132-106(35)82-67(30)104(111-70(33)83(82)106)129-86-49(12)47(10)69(32)110-73(86)37-2/h46-105,107-109H,36-45H2,1-35H3/t46-,47?,48-,49?,50?,51+,52+,53?,54?,55+,56+,57?,58-,59?,60-,61?,62?,63?,64?,65?,66?,67?,68?,69+,70?,71?,72?,73?,74?,75?,76?,77?,78?,79?,80?,81?,82+,83+,84+,85-,86-,87-,88-,89-,90-,91-,92-,93-,94+,95-,96?,97?,98-,99+,100-,101-,102-,103+,104+,105-,106?/m0/s1. The van der Waals surface area contributed by atoms with E-state index in [1.54, 1.807) is 0 Å². The second-order valence-electron chi connectivity index (χ2n) is 45.4. The van der Waals surface area contributed by atoms with Gasteiger partial charge in [-0.3, -0.25) is 0 Å². The van der Waals surface area contributed by atoms with Crippen molar-refractivity contribution >= 4 is 0 Å². The Morgan fingerprint density at radius 2 is 0.409 bits per heavy atom. The molecule has 0 aromatic heterocycles. The van der Waals surface area contributed by atoms with Gasteiger partial charge in [0.1, 0.15) is 18.3 Å². The molecule has 13 rings (SSSR count). The Hall–Kier alpha value is -1.04. The fourth-order valence-corrected chi connectivity index (χ4v) is 25.8. The summed E-state index contributed by atoms with van der Waals surface area (Å²) >= 11 is 0. The van der Waals surface area contributed by atoms with E-state index in [9.17, 15) is 15.3 Å². The molecule has 12 saturated heterocycles. The van der Waals surface area contributed by atoms with Crippen molar-refractivity contribution in [1.82, 2.24) is 0 Å². The van der Waals surface area contributed by atoms with E-state index in [0.29, 0.717) is 30.1 Å². The summed E-state index contributed by atoms with van der Waals surface area (Å²) in [7, 11) is 0. The van der Waals surface area contributed by atoms with Crippen molar-refractivity contribution in [2.75, 3.05) is 13.2 Å². The molecule has 0 radical (unpaired) electrons. The topological polar surface area (TPSA) is 273 Å². The minimum Gasteiger partial charge on any atom is -0.394 e. The number of aliphatic hydroxyl groups excluding tert-OH is 3. The predicted octanol–water partition coefficient (Wildman–Crippen LogP) is 17.9. The summed E-state index contributed by atoms with van der Waals surface area (Å²) in [6, 6.07) is 0. The Morgan fingerprint density at radius 1 is 0.189 bits per heavy atom. The van der Waals surface area contributed by atoms with E-state index < -0.39 is 124 Å². The van der Waals surface area contributed by atoms with Gasteiger partial charge in [0.25, 0.3) is 0 Å². The van der Waals surface area contributed by atoms with Crippen molar-refractivity contribution in [3.8, 4) is 0 Å². The van der Waals surface area contributed by atoms with Crippen LogP contribution in [0.1, 0.15) is 294 Å². The number of fused-ring (bicyclic) bond motifs is 1. The maximum Gasteiger partial charge on any atom is 0.164 e. The van der Waals surface area contributed by atoms with Crippen molar-refractivity contribution < 1.29 is 124 Å². The molecule has 26 heteroatoms. The van der Waals surface area contributed by atoms with Crippen LogP contribution in [0.4, 0.5) is 0 Å². The first-order chi connectivity index (χ1) is 62.5. The maximum absolute atomic E-state index is 12.2. The van der Waals surface area contributed by atoms with E-state index in [-0.39, 0.29) is 235 Å². The molecule has 0 bridgehead atoms. The van der Waals surface area contributed by atoms with Crippen LogP contribution >= 0.6 is 0 Å². The largest absolute Gasteiger partial charge is 0.394 e. The lowest BCUT2D eigenvalue weighted by molar-refractivity contribution is -0.374. The van der Waals surface area contributed by atoms with Crippen LogP contribution in [0.3, 0.4) is 0 Å². The molecule has 0 amide bonds. The lowest BCUT2D eigenvalue weighted by Gasteiger charge is -2.53. The normalized spacial score (nSPS) is 55.5. The molecule has 0 aromatic rings. The summed E-state index contributed by atoms with van der Waals surface area (Å²) < 4.78 is 161. The fourth-order valence-electron chi connectivity index (χ4n) is 25.8. The molecular weight excluding hydrogens is 1690 g/mol. The lowest BCUT2D eigenvalue weighted by atomic mass is 9.78. The molecular formula is C106H188O26. The van der Waals surface area contributed by atoms with E-state index in [4.69, 9.17) is 109 Å². The lowest BCUT2D eigenvalue weighted by Crippen LogP contribution is -2.61. The summed E-state index contributed by atoms with van der Waals surface area (Å²) in [5, 5.41) is 34.4. The number of ether oxygens (including phenoxy) is 23. The van der Waals surface area contributed by atoms with Gasteiger partial charge in [0.05, 0.1) is 147 Å². The molecule has 0 spiro atoms. The second kappa shape index (κ2) is 45.5. The molecule has 61 atom stereocenters. The van der Waals surface area contributed by atoms with Gasteiger partial charge < -0.3 is 124 Å². The fraction of sp³-hybridized carbons (Fsp3) is 1.00. The Bertz CT molecular complexity index is 3480. The highest BCUT2D eigenvalue weighted by molar-refractivity contribution is 5.18. The zero-order valence-corrected chi connectivity index (χ0v) is 87.9. The summed E-state index contributed by atoms with van der Waals surface area (Å²) in [6.07, 6.45) is -7.19. The van der Waals surface area contributed by atoms with E-state index in [1.165, 1.54) is 0 Å². The third-order valence-electron chi connectivity index (χ3n) is 37.9. The molecule has 768 valence electrons. The van der Waals surface area contributed by atoms with Crippen molar-refractivity contribution in [2.45, 2.75) is 515 Å². The van der Waals surface area contributed by atoms with Gasteiger partial charge in [0.15, 0.2) is 69.2 Å². The zero-order chi connectivity index (χ0) is 96.5. The van der Waals surface area contributed by atoms with Crippen LogP contribution in [0.5, 0.6) is 0 Å². The van der Waals surface area contributed by atoms with Crippen LogP contribution < -0.4 is 0 Å². The Labute approximate surface area is 796 Å². The van der Waals surface area contributed by atoms with E-state index in [0.717, 1.165) is 44.9 Å². The molecule has 13 fully saturated rings. The van der Waals surface area contributed by atoms with Gasteiger partial charge in [-0.25, -0.2) is 0 Å². The van der Waals surface area contributed by atoms with Crippen LogP contribution in [0.2, 0.25) is 0 Å². The van der Waals surface area contributed by atoms with Crippen LogP contribution in [-0.2, 0) is 109 Å². The monoisotopic (exact) mass is 1880 g/mol. The average molecular weight is 1880 g/mol. The Morgan fingerprint density at radius 3 is 0.720 bits per heavy atom. The summed E-state index contributed by atoms with van der Waals surface area (Å²) in [5.74, 6) is 1.48. The van der Waals surface area contributed by atoms with Crippen LogP contribution in [0, 0.1) is 148 Å². The molecule has 12 heterocycles. The first-order valence-electron chi connectivity index (χ1n) is 53.5. The number of hydrogen-bond donors (Lipinski definition) is 3. The second-order valence-corrected chi connectivity index (χ2v) is 45.4. The molecule has 1 aliphatic carbocycles. The van der Waals surface area contributed by atoms with Gasteiger partial charge >= 0.3 is 0 Å². The van der Waals surface area contributed by atoms with Gasteiger partial charge in [-0.05, 0) is 150 Å². The first-order valence-corrected chi connectivity index (χ1v) is 53.5. The minimum absolute atomic E-state index is 0.0000594. The van der Waals surface area contributed by atoms with Gasteiger partial charge in [0, 0.05) is 76.9 Å². The van der Waals surface area contributed by atoms with Crippen LogP contribution in [0.25, 0.3) is 0 Å². The molecule has 132 heavy (non-hydrogen) atoms. The molecule has 30 unspecified atom stereocenters. The molecule has 3 N–H and O–H groups in total. The van der Waals surface area contributed by atoms with Gasteiger partial charge in [0.2, 0.25) is 0 Å². The van der Waals surface area contributed by atoms with Crippen molar-refractivity contribution in [1.29, 1.82) is 0 Å². The van der Waals surface area contributed by atoms with Crippen molar-refractivity contribution in [2.24, 2.45) is 148 Å².